The van der Waals surface area contributed by atoms with E-state index in [1.54, 1.807) is 0 Å². The van der Waals surface area contributed by atoms with Gasteiger partial charge in [-0.2, -0.15) is 0 Å². The molecule has 0 aromatic rings. The molecule has 1 aliphatic rings. The number of unbranched alkanes of at least 4 members (excludes halogenated alkanes) is 1. The molecule has 1 rings (SSSR count). The second kappa shape index (κ2) is 8.45. The van der Waals surface area contributed by atoms with E-state index in [0.29, 0.717) is 12.6 Å². The Bertz CT molecular complexity index is 247. The Labute approximate surface area is 111 Å². The second-order valence-electron chi connectivity index (χ2n) is 5.23. The molecule has 0 radical (unpaired) electrons. The Balaban J connectivity index is 2.10. The zero-order valence-electron chi connectivity index (χ0n) is 12.0. The minimum atomic E-state index is 0.107. The van der Waals surface area contributed by atoms with Gasteiger partial charge in [0.2, 0.25) is 5.91 Å². The van der Waals surface area contributed by atoms with Crippen LogP contribution < -0.4 is 10.6 Å². The normalized spacial score (nSPS) is 22.1. The summed E-state index contributed by atoms with van der Waals surface area (Å²) in [5.74, 6) is 0.107. The third-order valence-corrected chi connectivity index (χ3v) is 3.50. The fourth-order valence-electron chi connectivity index (χ4n) is 2.14. The highest BCUT2D eigenvalue weighted by molar-refractivity contribution is 5.77. The van der Waals surface area contributed by atoms with E-state index in [9.17, 15) is 4.79 Å². The van der Waals surface area contributed by atoms with Crippen molar-refractivity contribution in [1.82, 2.24) is 20.4 Å². The Morgan fingerprint density at radius 3 is 2.83 bits per heavy atom. The van der Waals surface area contributed by atoms with Crippen LogP contribution in [0.15, 0.2) is 0 Å². The standard InChI is InChI=1S/C13H28N4O/c1-4-5-6-15-13(18)10-14-9-12-11-16(2)7-8-17(12)3/h12,14H,4-11H2,1-3H3,(H,15,18). The van der Waals surface area contributed by atoms with Crippen LogP contribution in [-0.2, 0) is 4.79 Å². The van der Waals surface area contributed by atoms with Crippen molar-refractivity contribution in [3.05, 3.63) is 0 Å². The monoisotopic (exact) mass is 256 g/mol. The highest BCUT2D eigenvalue weighted by Crippen LogP contribution is 2.04. The molecule has 0 aromatic heterocycles. The van der Waals surface area contributed by atoms with Crippen molar-refractivity contribution in [2.24, 2.45) is 0 Å². The quantitative estimate of drug-likeness (QED) is 0.616. The van der Waals surface area contributed by atoms with Crippen molar-refractivity contribution < 1.29 is 4.79 Å². The lowest BCUT2D eigenvalue weighted by atomic mass is 10.2. The lowest BCUT2D eigenvalue weighted by Crippen LogP contribution is -2.54. The van der Waals surface area contributed by atoms with Gasteiger partial charge in [-0.05, 0) is 20.5 Å². The summed E-state index contributed by atoms with van der Waals surface area (Å²) >= 11 is 0. The van der Waals surface area contributed by atoms with Gasteiger partial charge in [0.25, 0.3) is 0 Å². The molecule has 1 unspecified atom stereocenters. The molecule has 0 aromatic carbocycles. The van der Waals surface area contributed by atoms with Gasteiger partial charge in [-0.15, -0.1) is 0 Å². The predicted octanol–water partition coefficient (Wildman–Crippen LogP) is -0.262. The molecule has 0 spiro atoms. The average molecular weight is 256 g/mol. The molecule has 0 bridgehead atoms. The molecule has 0 saturated carbocycles. The van der Waals surface area contributed by atoms with E-state index in [0.717, 1.165) is 45.6 Å². The molecule has 2 N–H and O–H groups in total. The number of carbonyl (C=O) groups is 1. The van der Waals surface area contributed by atoms with Crippen LogP contribution in [0, 0.1) is 0 Å². The lowest BCUT2D eigenvalue weighted by molar-refractivity contribution is -0.120. The van der Waals surface area contributed by atoms with E-state index in [1.807, 2.05) is 0 Å². The first-order valence-corrected chi connectivity index (χ1v) is 6.99. The largest absolute Gasteiger partial charge is 0.355 e. The van der Waals surface area contributed by atoms with Crippen LogP contribution in [0.4, 0.5) is 0 Å². The number of likely N-dealkylation sites (N-methyl/N-ethyl adjacent to an activating group) is 2. The molecule has 1 atom stereocenters. The van der Waals surface area contributed by atoms with Crippen LogP contribution in [0.1, 0.15) is 19.8 Å². The molecular formula is C13H28N4O. The molecule has 5 nitrogen and oxygen atoms in total. The average Bonchev–Trinajstić information content (AvgIpc) is 2.34. The molecule has 1 saturated heterocycles. The van der Waals surface area contributed by atoms with Gasteiger partial charge < -0.3 is 15.5 Å². The first-order valence-electron chi connectivity index (χ1n) is 6.99. The Kier molecular flexibility index (Phi) is 7.23. The third kappa shape index (κ3) is 5.80. The summed E-state index contributed by atoms with van der Waals surface area (Å²) < 4.78 is 0. The van der Waals surface area contributed by atoms with Gasteiger partial charge in [-0.1, -0.05) is 13.3 Å². The molecule has 18 heavy (non-hydrogen) atoms. The first-order chi connectivity index (χ1) is 8.63. The fourth-order valence-corrected chi connectivity index (χ4v) is 2.14. The van der Waals surface area contributed by atoms with Crippen molar-refractivity contribution in [3.8, 4) is 0 Å². The van der Waals surface area contributed by atoms with Crippen molar-refractivity contribution in [2.45, 2.75) is 25.8 Å². The van der Waals surface area contributed by atoms with Crippen molar-refractivity contribution in [1.29, 1.82) is 0 Å². The number of rotatable bonds is 7. The van der Waals surface area contributed by atoms with Crippen LogP contribution in [0.2, 0.25) is 0 Å². The Morgan fingerprint density at radius 1 is 1.33 bits per heavy atom. The van der Waals surface area contributed by atoms with Crippen molar-refractivity contribution >= 4 is 5.91 Å². The maximum absolute atomic E-state index is 11.5. The molecule has 1 aliphatic heterocycles. The SMILES string of the molecule is CCCCNC(=O)CNCC1CN(C)CCN1C. The molecule has 0 aliphatic carbocycles. The number of hydrogen-bond donors (Lipinski definition) is 2. The van der Waals surface area contributed by atoms with Crippen molar-refractivity contribution in [3.63, 3.8) is 0 Å². The highest BCUT2D eigenvalue weighted by Gasteiger charge is 2.21. The molecule has 1 heterocycles. The molecular weight excluding hydrogens is 228 g/mol. The lowest BCUT2D eigenvalue weighted by Gasteiger charge is -2.37. The minimum absolute atomic E-state index is 0.107. The smallest absolute Gasteiger partial charge is 0.233 e. The van der Waals surface area contributed by atoms with E-state index in [1.165, 1.54) is 0 Å². The second-order valence-corrected chi connectivity index (χ2v) is 5.23. The summed E-state index contributed by atoms with van der Waals surface area (Å²) in [5, 5.41) is 6.17. The van der Waals surface area contributed by atoms with Gasteiger partial charge >= 0.3 is 0 Å². The molecule has 1 amide bonds. The molecule has 106 valence electrons. The van der Waals surface area contributed by atoms with Gasteiger partial charge in [0, 0.05) is 38.8 Å². The molecule has 5 heteroatoms. The summed E-state index contributed by atoms with van der Waals surface area (Å²) in [6, 6.07) is 0.507. The summed E-state index contributed by atoms with van der Waals surface area (Å²) in [6.07, 6.45) is 2.18. The zero-order valence-corrected chi connectivity index (χ0v) is 12.0. The minimum Gasteiger partial charge on any atom is -0.355 e. The zero-order chi connectivity index (χ0) is 13.4. The Morgan fingerprint density at radius 2 is 2.11 bits per heavy atom. The van der Waals surface area contributed by atoms with E-state index in [4.69, 9.17) is 0 Å². The summed E-state index contributed by atoms with van der Waals surface area (Å²) in [4.78, 5) is 16.2. The predicted molar refractivity (Wildman–Crippen MR) is 74.7 cm³/mol. The number of amides is 1. The number of hydrogen-bond acceptors (Lipinski definition) is 4. The third-order valence-electron chi connectivity index (χ3n) is 3.50. The van der Waals surface area contributed by atoms with Gasteiger partial charge in [-0.25, -0.2) is 0 Å². The van der Waals surface area contributed by atoms with Crippen LogP contribution in [0.25, 0.3) is 0 Å². The Hall–Kier alpha value is -0.650. The maximum atomic E-state index is 11.5. The number of piperazine rings is 1. The van der Waals surface area contributed by atoms with Gasteiger partial charge in [0.1, 0.15) is 0 Å². The van der Waals surface area contributed by atoms with Crippen molar-refractivity contribution in [2.75, 3.05) is 53.4 Å². The summed E-state index contributed by atoms with van der Waals surface area (Å²) in [7, 11) is 4.30. The van der Waals surface area contributed by atoms with E-state index >= 15 is 0 Å². The van der Waals surface area contributed by atoms with E-state index in [-0.39, 0.29) is 5.91 Å². The van der Waals surface area contributed by atoms with E-state index in [2.05, 4.69) is 41.5 Å². The van der Waals surface area contributed by atoms with Crippen LogP contribution in [0.3, 0.4) is 0 Å². The first kappa shape index (κ1) is 15.4. The summed E-state index contributed by atoms with van der Waals surface area (Å²) in [5.41, 5.74) is 0. The summed E-state index contributed by atoms with van der Waals surface area (Å²) in [6.45, 7) is 7.53. The van der Waals surface area contributed by atoms with E-state index < -0.39 is 0 Å². The van der Waals surface area contributed by atoms with Gasteiger partial charge in [0.15, 0.2) is 0 Å². The fraction of sp³-hybridized carbons (Fsp3) is 0.923. The number of nitrogens with one attached hydrogen (secondary N) is 2. The van der Waals surface area contributed by atoms with Crippen LogP contribution in [-0.4, -0.2) is 75.1 Å². The van der Waals surface area contributed by atoms with Crippen LogP contribution in [0.5, 0.6) is 0 Å². The maximum Gasteiger partial charge on any atom is 0.233 e. The number of carbonyl (C=O) groups excluding carboxylic acids is 1. The number of nitrogens with zero attached hydrogens (tertiary/aromatic N) is 2. The molecule has 1 fully saturated rings. The highest BCUT2D eigenvalue weighted by atomic mass is 16.1. The van der Waals surface area contributed by atoms with Crippen LogP contribution >= 0.6 is 0 Å². The van der Waals surface area contributed by atoms with Gasteiger partial charge in [-0.3, -0.25) is 9.69 Å². The van der Waals surface area contributed by atoms with Gasteiger partial charge in [0.05, 0.1) is 6.54 Å². The topological polar surface area (TPSA) is 47.6 Å².